The molecule has 2 atom stereocenters. The summed E-state index contributed by atoms with van der Waals surface area (Å²) in [6.45, 7) is 2.49. The van der Waals surface area contributed by atoms with E-state index in [-0.39, 0.29) is 22.6 Å². The van der Waals surface area contributed by atoms with Gasteiger partial charge < -0.3 is 19.7 Å². The van der Waals surface area contributed by atoms with E-state index in [4.69, 9.17) is 9.47 Å². The summed E-state index contributed by atoms with van der Waals surface area (Å²) in [5, 5.41) is 21.0. The summed E-state index contributed by atoms with van der Waals surface area (Å²) in [6, 6.07) is 12.7. The molecular formula is C18H18O6. The minimum Gasteiger partial charge on any atom is -0.426 e. The second kappa shape index (κ2) is 7.72. The molecule has 0 amide bonds. The van der Waals surface area contributed by atoms with E-state index in [0.29, 0.717) is 0 Å². The maximum Gasteiger partial charge on any atom is 0.308 e. The Morgan fingerprint density at radius 1 is 0.750 bits per heavy atom. The van der Waals surface area contributed by atoms with E-state index in [2.05, 4.69) is 0 Å². The molecule has 6 heteroatoms. The van der Waals surface area contributed by atoms with Gasteiger partial charge in [0, 0.05) is 25.0 Å². The van der Waals surface area contributed by atoms with Crippen molar-refractivity contribution < 1.29 is 29.3 Å². The van der Waals surface area contributed by atoms with E-state index in [9.17, 15) is 19.8 Å². The Bertz CT molecular complexity index is 676. The highest BCUT2D eigenvalue weighted by Gasteiger charge is 2.26. The van der Waals surface area contributed by atoms with Crippen LogP contribution in [-0.2, 0) is 9.59 Å². The Labute approximate surface area is 139 Å². The van der Waals surface area contributed by atoms with Crippen LogP contribution in [0.15, 0.2) is 48.5 Å². The summed E-state index contributed by atoms with van der Waals surface area (Å²) in [4.78, 5) is 22.4. The Balaban J connectivity index is 2.35. The standard InChI is InChI=1S/C18H18O6/c1-11(19)23-15-9-5-3-7-13(15)17(21)18(22)14-8-4-6-10-16(14)24-12(2)20/h3-10,17-18,21-22H,1-2H3. The second-order valence-corrected chi connectivity index (χ2v) is 5.15. The molecule has 0 aromatic heterocycles. The normalized spacial score (nSPS) is 13.0. The average Bonchev–Trinajstić information content (AvgIpc) is 2.53. The fourth-order valence-corrected chi connectivity index (χ4v) is 2.29. The summed E-state index contributed by atoms with van der Waals surface area (Å²) >= 11 is 0. The number of carbonyl (C=O) groups is 2. The summed E-state index contributed by atoms with van der Waals surface area (Å²) in [5.74, 6) is -0.767. The molecule has 2 N–H and O–H groups in total. The third-order valence-corrected chi connectivity index (χ3v) is 3.28. The molecule has 6 nitrogen and oxygen atoms in total. The summed E-state index contributed by atoms with van der Waals surface area (Å²) < 4.78 is 10.1. The van der Waals surface area contributed by atoms with E-state index in [1.54, 1.807) is 36.4 Å². The van der Waals surface area contributed by atoms with Gasteiger partial charge >= 0.3 is 11.9 Å². The summed E-state index contributed by atoms with van der Waals surface area (Å²) in [7, 11) is 0. The van der Waals surface area contributed by atoms with Crippen LogP contribution in [0.5, 0.6) is 11.5 Å². The van der Waals surface area contributed by atoms with Crippen molar-refractivity contribution in [3.63, 3.8) is 0 Å². The number of esters is 2. The van der Waals surface area contributed by atoms with Crippen molar-refractivity contribution in [2.45, 2.75) is 26.1 Å². The maximum atomic E-state index is 11.2. The first kappa shape index (κ1) is 17.7. The summed E-state index contributed by atoms with van der Waals surface area (Å²) in [6.07, 6.45) is -2.76. The first-order valence-corrected chi connectivity index (χ1v) is 7.31. The maximum absolute atomic E-state index is 11.2. The molecule has 2 aromatic rings. The van der Waals surface area contributed by atoms with Crippen molar-refractivity contribution in [1.82, 2.24) is 0 Å². The molecule has 0 aliphatic rings. The third kappa shape index (κ3) is 4.18. The van der Waals surface area contributed by atoms with Crippen LogP contribution in [0.1, 0.15) is 37.2 Å². The lowest BCUT2D eigenvalue weighted by atomic mass is 9.97. The predicted octanol–water partition coefficient (Wildman–Crippen LogP) is 2.30. The van der Waals surface area contributed by atoms with Gasteiger partial charge in [-0.3, -0.25) is 9.59 Å². The average molecular weight is 330 g/mol. The van der Waals surface area contributed by atoms with Gasteiger partial charge in [-0.25, -0.2) is 0 Å². The van der Waals surface area contributed by atoms with Crippen LogP contribution in [0.25, 0.3) is 0 Å². The highest BCUT2D eigenvalue weighted by Crippen LogP contribution is 2.37. The van der Waals surface area contributed by atoms with Crippen LogP contribution >= 0.6 is 0 Å². The van der Waals surface area contributed by atoms with E-state index in [1.807, 2.05) is 0 Å². The number of benzene rings is 2. The van der Waals surface area contributed by atoms with Crippen molar-refractivity contribution in [3.8, 4) is 11.5 Å². The molecule has 0 spiro atoms. The van der Waals surface area contributed by atoms with E-state index < -0.39 is 24.1 Å². The topological polar surface area (TPSA) is 93.1 Å². The SMILES string of the molecule is CC(=O)Oc1ccccc1C(O)C(O)c1ccccc1OC(C)=O. The molecular weight excluding hydrogens is 312 g/mol. The third-order valence-electron chi connectivity index (χ3n) is 3.28. The lowest BCUT2D eigenvalue weighted by Crippen LogP contribution is -2.15. The number of hydrogen-bond acceptors (Lipinski definition) is 6. The Morgan fingerprint density at radius 2 is 1.08 bits per heavy atom. The minimum atomic E-state index is -1.38. The second-order valence-electron chi connectivity index (χ2n) is 5.15. The van der Waals surface area contributed by atoms with Crippen molar-refractivity contribution in [2.75, 3.05) is 0 Å². The van der Waals surface area contributed by atoms with Crippen molar-refractivity contribution in [3.05, 3.63) is 59.7 Å². The van der Waals surface area contributed by atoms with Gasteiger partial charge in [-0.1, -0.05) is 36.4 Å². The van der Waals surface area contributed by atoms with E-state index in [0.717, 1.165) is 0 Å². The molecule has 0 saturated carbocycles. The lowest BCUT2D eigenvalue weighted by molar-refractivity contribution is -0.133. The molecule has 2 unspecified atom stereocenters. The van der Waals surface area contributed by atoms with Crippen LogP contribution in [0.4, 0.5) is 0 Å². The number of hydrogen-bond donors (Lipinski definition) is 2. The van der Waals surface area contributed by atoms with Gasteiger partial charge in [0.25, 0.3) is 0 Å². The first-order chi connectivity index (χ1) is 11.4. The Kier molecular flexibility index (Phi) is 5.68. The number of aliphatic hydroxyl groups excluding tert-OH is 2. The van der Waals surface area contributed by atoms with E-state index >= 15 is 0 Å². The Morgan fingerprint density at radius 3 is 1.42 bits per heavy atom. The molecule has 0 bridgehead atoms. The molecule has 0 aliphatic carbocycles. The zero-order valence-electron chi connectivity index (χ0n) is 13.3. The van der Waals surface area contributed by atoms with Gasteiger partial charge in [-0.05, 0) is 12.1 Å². The van der Waals surface area contributed by atoms with Crippen LogP contribution in [0.3, 0.4) is 0 Å². The molecule has 0 heterocycles. The van der Waals surface area contributed by atoms with Gasteiger partial charge in [-0.15, -0.1) is 0 Å². The fraction of sp³-hybridized carbons (Fsp3) is 0.222. The lowest BCUT2D eigenvalue weighted by Gasteiger charge is -2.22. The van der Waals surface area contributed by atoms with Crippen molar-refractivity contribution in [2.24, 2.45) is 0 Å². The zero-order chi connectivity index (χ0) is 17.7. The number of carbonyl (C=O) groups excluding carboxylic acids is 2. The molecule has 0 fully saturated rings. The van der Waals surface area contributed by atoms with Crippen LogP contribution in [0.2, 0.25) is 0 Å². The molecule has 0 saturated heterocycles. The summed E-state index contributed by atoms with van der Waals surface area (Å²) in [5.41, 5.74) is 0.496. The molecule has 24 heavy (non-hydrogen) atoms. The number of ether oxygens (including phenoxy) is 2. The fourth-order valence-electron chi connectivity index (χ4n) is 2.29. The highest BCUT2D eigenvalue weighted by atomic mass is 16.5. The molecule has 2 aromatic carbocycles. The number of rotatable bonds is 5. The molecule has 126 valence electrons. The van der Waals surface area contributed by atoms with Crippen LogP contribution in [-0.4, -0.2) is 22.2 Å². The smallest absolute Gasteiger partial charge is 0.308 e. The van der Waals surface area contributed by atoms with Crippen LogP contribution in [0, 0.1) is 0 Å². The van der Waals surface area contributed by atoms with Gasteiger partial charge in [0.05, 0.1) is 0 Å². The first-order valence-electron chi connectivity index (χ1n) is 7.31. The quantitative estimate of drug-likeness (QED) is 0.645. The van der Waals surface area contributed by atoms with Crippen molar-refractivity contribution in [1.29, 1.82) is 0 Å². The predicted molar refractivity (Wildman–Crippen MR) is 85.4 cm³/mol. The van der Waals surface area contributed by atoms with Crippen LogP contribution < -0.4 is 9.47 Å². The minimum absolute atomic E-state index is 0.154. The molecule has 0 radical (unpaired) electrons. The molecule has 2 rings (SSSR count). The number of para-hydroxylation sites is 2. The van der Waals surface area contributed by atoms with Gasteiger partial charge in [0.15, 0.2) is 0 Å². The van der Waals surface area contributed by atoms with Gasteiger partial charge in [0.1, 0.15) is 23.7 Å². The highest BCUT2D eigenvalue weighted by molar-refractivity contribution is 5.70. The van der Waals surface area contributed by atoms with Crippen molar-refractivity contribution >= 4 is 11.9 Å². The monoisotopic (exact) mass is 330 g/mol. The zero-order valence-corrected chi connectivity index (χ0v) is 13.3. The number of aliphatic hydroxyl groups is 2. The van der Waals surface area contributed by atoms with Gasteiger partial charge in [0.2, 0.25) is 0 Å². The molecule has 0 aliphatic heterocycles. The largest absolute Gasteiger partial charge is 0.426 e. The Hall–Kier alpha value is -2.70. The van der Waals surface area contributed by atoms with Gasteiger partial charge in [-0.2, -0.15) is 0 Å². The van der Waals surface area contributed by atoms with E-state index in [1.165, 1.54) is 26.0 Å².